The van der Waals surface area contributed by atoms with Crippen LogP contribution in [-0.2, 0) is 17.8 Å². The fourth-order valence-corrected chi connectivity index (χ4v) is 2.50. The lowest BCUT2D eigenvalue weighted by atomic mass is 10.1. The van der Waals surface area contributed by atoms with Gasteiger partial charge in [-0.05, 0) is 17.7 Å². The molecule has 3 rings (SSSR count). The van der Waals surface area contributed by atoms with Crippen LogP contribution in [0.1, 0.15) is 11.1 Å². The summed E-state index contributed by atoms with van der Waals surface area (Å²) < 4.78 is 5.18. The maximum absolute atomic E-state index is 12.3. The van der Waals surface area contributed by atoms with Gasteiger partial charge in [0.25, 0.3) is 0 Å². The maximum Gasteiger partial charge on any atom is 0.243 e. The fourth-order valence-electron chi connectivity index (χ4n) is 2.50. The molecule has 108 valence electrons. The third-order valence-corrected chi connectivity index (χ3v) is 3.58. The van der Waals surface area contributed by atoms with Gasteiger partial charge >= 0.3 is 0 Å². The zero-order valence-corrected chi connectivity index (χ0v) is 11.8. The number of fused-ring (bicyclic) bond motifs is 1. The van der Waals surface area contributed by atoms with Gasteiger partial charge in [0.05, 0.1) is 7.11 Å². The Labute approximate surface area is 123 Å². The molecule has 1 aliphatic heterocycles. The van der Waals surface area contributed by atoms with Crippen molar-refractivity contribution in [2.24, 2.45) is 0 Å². The molecule has 1 amide bonds. The molecule has 0 radical (unpaired) electrons. The molecule has 2 heterocycles. The summed E-state index contributed by atoms with van der Waals surface area (Å²) >= 11 is 0. The fraction of sp³-hybridized carbons (Fsp3) is 0.250. The Hall–Kier alpha value is -2.56. The highest BCUT2D eigenvalue weighted by molar-refractivity contribution is 5.87. The molecule has 0 saturated carbocycles. The van der Waals surface area contributed by atoms with E-state index in [1.165, 1.54) is 5.56 Å². The van der Waals surface area contributed by atoms with Gasteiger partial charge in [-0.2, -0.15) is 0 Å². The highest BCUT2D eigenvalue weighted by Crippen LogP contribution is 2.25. The number of aromatic nitrogens is 1. The van der Waals surface area contributed by atoms with Crippen molar-refractivity contribution in [3.63, 3.8) is 0 Å². The largest absolute Gasteiger partial charge is 0.481 e. The number of rotatable bonds is 4. The molecule has 5 nitrogen and oxygen atoms in total. The first-order valence-corrected chi connectivity index (χ1v) is 6.88. The van der Waals surface area contributed by atoms with E-state index in [1.807, 2.05) is 36.4 Å². The Morgan fingerprint density at radius 1 is 1.38 bits per heavy atom. The summed E-state index contributed by atoms with van der Waals surface area (Å²) in [6.07, 6.45) is 2.38. The zero-order valence-electron chi connectivity index (χ0n) is 11.8. The molecule has 1 aromatic heterocycles. The minimum Gasteiger partial charge on any atom is -0.481 e. The molecule has 0 aliphatic carbocycles. The first-order chi connectivity index (χ1) is 10.3. The molecule has 2 aromatic rings. The number of methoxy groups -OCH3 is 1. The molecule has 0 spiro atoms. The molecule has 21 heavy (non-hydrogen) atoms. The number of pyridine rings is 1. The van der Waals surface area contributed by atoms with Crippen LogP contribution in [0.25, 0.3) is 0 Å². The van der Waals surface area contributed by atoms with Gasteiger partial charge in [-0.1, -0.05) is 24.3 Å². The van der Waals surface area contributed by atoms with Gasteiger partial charge < -0.3 is 15.4 Å². The molecule has 0 bridgehead atoms. The van der Waals surface area contributed by atoms with Crippen molar-refractivity contribution < 1.29 is 9.53 Å². The molecule has 1 aliphatic rings. The van der Waals surface area contributed by atoms with E-state index in [0.29, 0.717) is 18.8 Å². The summed E-state index contributed by atoms with van der Waals surface area (Å²) in [6, 6.07) is 11.5. The van der Waals surface area contributed by atoms with Crippen LogP contribution in [-0.4, -0.2) is 24.0 Å². The Bertz CT molecular complexity index is 632. The Kier molecular flexibility index (Phi) is 3.73. The number of nitrogens with one attached hydrogen (secondary N) is 2. The smallest absolute Gasteiger partial charge is 0.243 e. The Balaban J connectivity index is 1.61. The van der Waals surface area contributed by atoms with Crippen LogP contribution >= 0.6 is 0 Å². The van der Waals surface area contributed by atoms with Crippen LogP contribution in [0.3, 0.4) is 0 Å². The molecular formula is C16H17N3O2. The van der Waals surface area contributed by atoms with Gasteiger partial charge in [0.1, 0.15) is 6.04 Å². The van der Waals surface area contributed by atoms with Crippen LogP contribution in [0.5, 0.6) is 5.88 Å². The molecule has 2 N–H and O–H groups in total. The van der Waals surface area contributed by atoms with Crippen LogP contribution in [0, 0.1) is 0 Å². The van der Waals surface area contributed by atoms with Gasteiger partial charge in [-0.15, -0.1) is 0 Å². The van der Waals surface area contributed by atoms with Crippen molar-refractivity contribution in [1.29, 1.82) is 0 Å². The van der Waals surface area contributed by atoms with E-state index in [1.54, 1.807) is 13.3 Å². The maximum atomic E-state index is 12.3. The van der Waals surface area contributed by atoms with E-state index in [-0.39, 0.29) is 11.9 Å². The quantitative estimate of drug-likeness (QED) is 0.897. The van der Waals surface area contributed by atoms with Gasteiger partial charge in [0.2, 0.25) is 11.8 Å². The SMILES string of the molecule is COc1ncccc1CNC(=O)[C@@H]1Cc2ccccc2N1. The second kappa shape index (κ2) is 5.83. The van der Waals surface area contributed by atoms with E-state index in [4.69, 9.17) is 4.74 Å². The van der Waals surface area contributed by atoms with Crippen LogP contribution in [0.15, 0.2) is 42.6 Å². The van der Waals surface area contributed by atoms with Gasteiger partial charge in [0.15, 0.2) is 0 Å². The Morgan fingerprint density at radius 3 is 3.05 bits per heavy atom. The number of hydrogen-bond donors (Lipinski definition) is 2. The lowest BCUT2D eigenvalue weighted by Gasteiger charge is -2.13. The van der Waals surface area contributed by atoms with Gasteiger partial charge in [-0.25, -0.2) is 4.98 Å². The molecule has 5 heteroatoms. The monoisotopic (exact) mass is 283 g/mol. The number of carbonyl (C=O) groups excluding carboxylic acids is 1. The van der Waals surface area contributed by atoms with Crippen molar-refractivity contribution in [2.45, 2.75) is 19.0 Å². The second-order valence-electron chi connectivity index (χ2n) is 4.95. The predicted molar refractivity (Wildman–Crippen MR) is 80.2 cm³/mol. The molecule has 1 atom stereocenters. The average Bonchev–Trinajstić information content (AvgIpc) is 2.97. The molecule has 0 unspecified atom stereocenters. The minimum atomic E-state index is -0.218. The van der Waals surface area contributed by atoms with Crippen molar-refractivity contribution in [1.82, 2.24) is 10.3 Å². The summed E-state index contributed by atoms with van der Waals surface area (Å²) in [5.74, 6) is 0.526. The normalized spacial score (nSPS) is 16.0. The summed E-state index contributed by atoms with van der Waals surface area (Å²) in [5.41, 5.74) is 3.08. The van der Waals surface area contributed by atoms with E-state index in [9.17, 15) is 4.79 Å². The summed E-state index contributed by atoms with van der Waals surface area (Å²) in [6.45, 7) is 0.407. The number of amides is 1. The lowest BCUT2D eigenvalue weighted by Crippen LogP contribution is -2.38. The highest BCUT2D eigenvalue weighted by Gasteiger charge is 2.26. The van der Waals surface area contributed by atoms with E-state index in [2.05, 4.69) is 15.6 Å². The van der Waals surface area contributed by atoms with Gasteiger partial charge in [0, 0.05) is 30.4 Å². The van der Waals surface area contributed by atoms with Crippen LogP contribution < -0.4 is 15.4 Å². The number of hydrogen-bond acceptors (Lipinski definition) is 4. The number of para-hydroxylation sites is 1. The first kappa shape index (κ1) is 13.4. The average molecular weight is 283 g/mol. The second-order valence-corrected chi connectivity index (χ2v) is 4.95. The third kappa shape index (κ3) is 2.81. The van der Waals surface area contributed by atoms with Crippen LogP contribution in [0.2, 0.25) is 0 Å². The van der Waals surface area contributed by atoms with E-state index in [0.717, 1.165) is 11.3 Å². The lowest BCUT2D eigenvalue weighted by molar-refractivity contribution is -0.121. The summed E-state index contributed by atoms with van der Waals surface area (Å²) in [5, 5.41) is 6.17. The number of carbonyl (C=O) groups is 1. The molecular weight excluding hydrogens is 266 g/mol. The first-order valence-electron chi connectivity index (χ1n) is 6.88. The van der Waals surface area contributed by atoms with E-state index < -0.39 is 0 Å². The topological polar surface area (TPSA) is 63.2 Å². The van der Waals surface area contributed by atoms with Crippen molar-refractivity contribution in [2.75, 3.05) is 12.4 Å². The Morgan fingerprint density at radius 2 is 2.24 bits per heavy atom. The third-order valence-electron chi connectivity index (χ3n) is 3.58. The number of ether oxygens (including phenoxy) is 1. The summed E-state index contributed by atoms with van der Waals surface area (Å²) in [4.78, 5) is 16.4. The number of benzene rings is 1. The number of nitrogens with zero attached hydrogens (tertiary/aromatic N) is 1. The van der Waals surface area contributed by atoms with E-state index >= 15 is 0 Å². The highest BCUT2D eigenvalue weighted by atomic mass is 16.5. The van der Waals surface area contributed by atoms with Crippen molar-refractivity contribution >= 4 is 11.6 Å². The minimum absolute atomic E-state index is 0.0166. The zero-order chi connectivity index (χ0) is 14.7. The number of anilines is 1. The van der Waals surface area contributed by atoms with Crippen molar-refractivity contribution in [3.8, 4) is 5.88 Å². The predicted octanol–water partition coefficient (Wildman–Crippen LogP) is 1.74. The van der Waals surface area contributed by atoms with Gasteiger partial charge in [-0.3, -0.25) is 4.79 Å². The van der Waals surface area contributed by atoms with Crippen molar-refractivity contribution in [3.05, 3.63) is 53.7 Å². The molecule has 0 fully saturated rings. The summed E-state index contributed by atoms with van der Waals surface area (Å²) in [7, 11) is 1.57. The molecule has 1 aromatic carbocycles. The molecule has 0 saturated heterocycles. The standard InChI is InChI=1S/C16H17N3O2/c1-21-16-12(6-4-8-17-16)10-18-15(20)14-9-11-5-2-3-7-13(11)19-14/h2-8,14,19H,9-10H2,1H3,(H,18,20)/t14-/m0/s1. The van der Waals surface area contributed by atoms with Crippen LogP contribution in [0.4, 0.5) is 5.69 Å².